The number of pyridine rings is 1. The largest absolute Gasteiger partial charge is 0.478 e. The van der Waals surface area contributed by atoms with Gasteiger partial charge in [0.05, 0.1) is 16.8 Å². The second-order valence-corrected chi connectivity index (χ2v) is 5.14. The van der Waals surface area contributed by atoms with Gasteiger partial charge < -0.3 is 9.52 Å². The van der Waals surface area contributed by atoms with Crippen LogP contribution in [-0.4, -0.2) is 21.0 Å². The lowest BCUT2D eigenvalue weighted by Gasteiger charge is -2.07. The number of aromatic carboxylic acids is 1. The number of para-hydroxylation sites is 1. The highest BCUT2D eigenvalue weighted by Crippen LogP contribution is 2.35. The molecule has 0 amide bonds. The van der Waals surface area contributed by atoms with Gasteiger partial charge in [-0.25, -0.2) is 9.78 Å². The van der Waals surface area contributed by atoms with Gasteiger partial charge in [-0.15, -0.1) is 0 Å². The predicted octanol–water partition coefficient (Wildman–Crippen LogP) is 3.38. The van der Waals surface area contributed by atoms with Crippen LogP contribution < -0.4 is 0 Å². The Bertz CT molecular complexity index is 798. The minimum absolute atomic E-state index is 0.143. The van der Waals surface area contributed by atoms with E-state index in [0.29, 0.717) is 10.1 Å². The van der Waals surface area contributed by atoms with Crippen molar-refractivity contribution in [1.29, 1.82) is 0 Å². The van der Waals surface area contributed by atoms with Crippen molar-refractivity contribution in [2.24, 2.45) is 0 Å². The Kier molecular flexibility index (Phi) is 3.15. The molecule has 1 N–H and O–H groups in total. The molecule has 0 radical (unpaired) electrons. The Labute approximate surface area is 118 Å². The summed E-state index contributed by atoms with van der Waals surface area (Å²) < 4.78 is 5.29. The minimum Gasteiger partial charge on any atom is -0.478 e. The number of benzene rings is 1. The zero-order valence-corrected chi connectivity index (χ0v) is 11.3. The Morgan fingerprint density at radius 1 is 1.35 bits per heavy atom. The molecule has 5 nitrogen and oxygen atoms in total. The number of carboxylic acids is 1. The molecular formula is C14H10N2O3S. The number of oxazole rings is 1. The minimum atomic E-state index is -1.02. The fraction of sp³-hybridized carbons (Fsp3) is 0.0714. The van der Waals surface area contributed by atoms with Gasteiger partial charge in [0, 0.05) is 16.5 Å². The van der Waals surface area contributed by atoms with Crippen LogP contribution in [0.2, 0.25) is 0 Å². The van der Waals surface area contributed by atoms with Crippen LogP contribution in [0.15, 0.2) is 51.3 Å². The van der Waals surface area contributed by atoms with E-state index >= 15 is 0 Å². The number of aryl methyl sites for hydroxylation is 1. The summed E-state index contributed by atoms with van der Waals surface area (Å²) >= 11 is 1.19. The first kappa shape index (κ1) is 12.7. The molecule has 2 aromatic heterocycles. The molecule has 0 spiro atoms. The summed E-state index contributed by atoms with van der Waals surface area (Å²) in [7, 11) is 0. The zero-order valence-electron chi connectivity index (χ0n) is 10.5. The molecule has 0 aliphatic heterocycles. The number of fused-ring (bicyclic) bond motifs is 1. The molecule has 0 bridgehead atoms. The number of carbonyl (C=O) groups is 1. The molecule has 6 heteroatoms. The molecular weight excluding hydrogens is 276 g/mol. The van der Waals surface area contributed by atoms with E-state index < -0.39 is 5.97 Å². The van der Waals surface area contributed by atoms with Gasteiger partial charge in [-0.05, 0) is 24.8 Å². The van der Waals surface area contributed by atoms with Crippen LogP contribution in [0.4, 0.5) is 0 Å². The highest BCUT2D eigenvalue weighted by atomic mass is 32.2. The fourth-order valence-electron chi connectivity index (χ4n) is 1.84. The predicted molar refractivity (Wildman–Crippen MR) is 74.1 cm³/mol. The summed E-state index contributed by atoms with van der Waals surface area (Å²) in [4.78, 5) is 20.3. The van der Waals surface area contributed by atoms with Crippen molar-refractivity contribution >= 4 is 28.6 Å². The van der Waals surface area contributed by atoms with Crippen molar-refractivity contribution < 1.29 is 14.3 Å². The second kappa shape index (κ2) is 4.97. The Morgan fingerprint density at radius 3 is 2.85 bits per heavy atom. The summed E-state index contributed by atoms with van der Waals surface area (Å²) in [5.74, 6) is -1.02. The standard InChI is InChI=1S/C14H10N2O3S/c1-8-7-19-14(16-8)20-12-9-4-2-3-5-11(9)15-6-10(12)13(17)18/h2-7H,1H3,(H,17,18). The highest BCUT2D eigenvalue weighted by molar-refractivity contribution is 7.99. The van der Waals surface area contributed by atoms with Gasteiger partial charge in [0.25, 0.3) is 5.22 Å². The van der Waals surface area contributed by atoms with Gasteiger partial charge >= 0.3 is 5.97 Å². The van der Waals surface area contributed by atoms with Crippen LogP contribution >= 0.6 is 11.8 Å². The molecule has 0 unspecified atom stereocenters. The monoisotopic (exact) mass is 286 g/mol. The number of aromatic nitrogens is 2. The fourth-order valence-corrected chi connectivity index (χ4v) is 2.84. The smallest absolute Gasteiger partial charge is 0.338 e. The molecule has 0 fully saturated rings. The first-order chi connectivity index (χ1) is 9.65. The maximum atomic E-state index is 11.4. The average molecular weight is 286 g/mol. The van der Waals surface area contributed by atoms with Crippen molar-refractivity contribution in [1.82, 2.24) is 9.97 Å². The quantitative estimate of drug-likeness (QED) is 0.795. The average Bonchev–Trinajstić information content (AvgIpc) is 2.84. The highest BCUT2D eigenvalue weighted by Gasteiger charge is 2.17. The van der Waals surface area contributed by atoms with Crippen LogP contribution in [0.3, 0.4) is 0 Å². The number of hydrogen-bond donors (Lipinski definition) is 1. The van der Waals surface area contributed by atoms with E-state index in [9.17, 15) is 9.90 Å². The summed E-state index contributed by atoms with van der Waals surface area (Å²) in [6.45, 7) is 1.82. The van der Waals surface area contributed by atoms with Gasteiger partial charge in [0.2, 0.25) is 0 Å². The number of hydrogen-bond acceptors (Lipinski definition) is 5. The van der Waals surface area contributed by atoms with E-state index in [0.717, 1.165) is 16.6 Å². The van der Waals surface area contributed by atoms with Gasteiger partial charge in [0.1, 0.15) is 6.26 Å². The lowest BCUT2D eigenvalue weighted by atomic mass is 10.1. The Balaban J connectivity index is 2.19. The zero-order chi connectivity index (χ0) is 14.1. The van der Waals surface area contributed by atoms with Crippen molar-refractivity contribution in [2.75, 3.05) is 0 Å². The van der Waals surface area contributed by atoms with Crippen LogP contribution in [0.1, 0.15) is 16.1 Å². The third kappa shape index (κ3) is 2.25. The summed E-state index contributed by atoms with van der Waals surface area (Å²) in [6, 6.07) is 7.39. The lowest BCUT2D eigenvalue weighted by molar-refractivity contribution is 0.0693. The third-order valence-corrected chi connectivity index (χ3v) is 3.75. The van der Waals surface area contributed by atoms with E-state index in [1.165, 1.54) is 24.2 Å². The lowest BCUT2D eigenvalue weighted by Crippen LogP contribution is -2.01. The molecule has 3 aromatic rings. The topological polar surface area (TPSA) is 76.2 Å². The van der Waals surface area contributed by atoms with E-state index in [1.807, 2.05) is 31.2 Å². The molecule has 0 aliphatic carbocycles. The third-order valence-electron chi connectivity index (χ3n) is 2.74. The summed E-state index contributed by atoms with van der Waals surface area (Å²) in [5.41, 5.74) is 1.63. The first-order valence-electron chi connectivity index (χ1n) is 5.86. The number of rotatable bonds is 3. The maximum Gasteiger partial charge on any atom is 0.338 e. The van der Waals surface area contributed by atoms with Gasteiger partial charge in [-0.3, -0.25) is 4.98 Å². The molecule has 0 atom stereocenters. The molecule has 100 valence electrons. The Morgan fingerprint density at radius 2 is 2.15 bits per heavy atom. The molecule has 0 saturated heterocycles. The van der Waals surface area contributed by atoms with Crippen LogP contribution in [0.5, 0.6) is 0 Å². The van der Waals surface area contributed by atoms with E-state index in [1.54, 1.807) is 0 Å². The molecule has 20 heavy (non-hydrogen) atoms. The van der Waals surface area contributed by atoms with Gasteiger partial charge in [0.15, 0.2) is 0 Å². The van der Waals surface area contributed by atoms with Crippen LogP contribution in [0, 0.1) is 6.92 Å². The normalized spacial score (nSPS) is 10.8. The van der Waals surface area contributed by atoms with Gasteiger partial charge in [-0.1, -0.05) is 18.2 Å². The van der Waals surface area contributed by atoms with Crippen LogP contribution in [0.25, 0.3) is 10.9 Å². The van der Waals surface area contributed by atoms with Gasteiger partial charge in [-0.2, -0.15) is 0 Å². The SMILES string of the molecule is Cc1coc(Sc2c(C(=O)O)cnc3ccccc23)n1. The van der Waals surface area contributed by atoms with E-state index in [2.05, 4.69) is 9.97 Å². The molecule has 3 rings (SSSR count). The summed E-state index contributed by atoms with van der Waals surface area (Å²) in [5, 5.41) is 10.5. The van der Waals surface area contributed by atoms with Crippen molar-refractivity contribution in [3.8, 4) is 0 Å². The van der Waals surface area contributed by atoms with Crippen molar-refractivity contribution in [2.45, 2.75) is 17.0 Å². The Hall–Kier alpha value is -2.34. The van der Waals surface area contributed by atoms with E-state index in [4.69, 9.17) is 4.42 Å². The molecule has 0 saturated carbocycles. The number of nitrogens with zero attached hydrogens (tertiary/aromatic N) is 2. The van der Waals surface area contributed by atoms with Crippen LogP contribution in [-0.2, 0) is 0 Å². The first-order valence-corrected chi connectivity index (χ1v) is 6.68. The van der Waals surface area contributed by atoms with Crippen molar-refractivity contribution in [3.05, 3.63) is 48.0 Å². The maximum absolute atomic E-state index is 11.4. The number of carboxylic acid groups (broad SMARTS) is 1. The van der Waals surface area contributed by atoms with E-state index in [-0.39, 0.29) is 5.56 Å². The van der Waals surface area contributed by atoms with Crippen molar-refractivity contribution in [3.63, 3.8) is 0 Å². The molecule has 2 heterocycles. The molecule has 0 aliphatic rings. The summed E-state index contributed by atoms with van der Waals surface area (Å²) in [6.07, 6.45) is 2.90. The second-order valence-electron chi connectivity index (χ2n) is 4.18. The molecule has 1 aromatic carbocycles.